The van der Waals surface area contributed by atoms with E-state index in [9.17, 15) is 4.79 Å². The van der Waals surface area contributed by atoms with Crippen LogP contribution in [0.2, 0.25) is 0 Å². The van der Waals surface area contributed by atoms with Gasteiger partial charge in [-0.15, -0.1) is 13.2 Å². The Bertz CT molecular complexity index is 275. The molecule has 1 saturated heterocycles. The van der Waals surface area contributed by atoms with Crippen molar-refractivity contribution in [3.8, 4) is 0 Å². The summed E-state index contributed by atoms with van der Waals surface area (Å²) in [5.41, 5.74) is 0. The largest absolute Gasteiger partial charge is 0.380 e. The van der Waals surface area contributed by atoms with Crippen LogP contribution in [0.4, 0.5) is 0 Å². The monoisotopic (exact) mass is 342 g/mol. The molecule has 0 aromatic carbocycles. The summed E-state index contributed by atoms with van der Waals surface area (Å²) in [6.07, 6.45) is 4.25. The van der Waals surface area contributed by atoms with E-state index in [4.69, 9.17) is 4.74 Å². The van der Waals surface area contributed by atoms with Crippen LogP contribution in [0.3, 0.4) is 0 Å². The van der Waals surface area contributed by atoms with Gasteiger partial charge in [0.1, 0.15) is 5.78 Å². The number of carbonyl (C=O) groups is 1. The van der Waals surface area contributed by atoms with Gasteiger partial charge in [-0.1, -0.05) is 34.6 Å². The van der Waals surface area contributed by atoms with E-state index in [1.165, 1.54) is 12.8 Å². The normalized spacial score (nSPS) is 15.2. The number of Topliss-reactive ketones (excluding diaryl/α,β-unsaturated/α-hetero) is 1. The third kappa shape index (κ3) is 14.9. The number of ether oxygens (including phenoxy) is 1. The van der Waals surface area contributed by atoms with Gasteiger partial charge in [-0.05, 0) is 38.3 Å². The van der Waals surface area contributed by atoms with Crippen molar-refractivity contribution in [1.29, 1.82) is 0 Å². The van der Waals surface area contributed by atoms with Crippen LogP contribution in [-0.2, 0) is 9.53 Å². The van der Waals surface area contributed by atoms with Crippen LogP contribution in [0.5, 0.6) is 0 Å². The van der Waals surface area contributed by atoms with Gasteiger partial charge in [-0.3, -0.25) is 9.69 Å². The number of nitrogens with zero attached hydrogens (tertiary/aromatic N) is 1. The third-order valence-corrected chi connectivity index (χ3v) is 3.97. The fourth-order valence-electron chi connectivity index (χ4n) is 2.57. The first-order valence-corrected chi connectivity index (χ1v) is 9.67. The minimum Gasteiger partial charge on any atom is -0.380 e. The Labute approximate surface area is 151 Å². The Morgan fingerprint density at radius 3 is 2.29 bits per heavy atom. The third-order valence-electron chi connectivity index (χ3n) is 3.97. The summed E-state index contributed by atoms with van der Waals surface area (Å²) in [5.74, 6) is 1.14. The van der Waals surface area contributed by atoms with Crippen molar-refractivity contribution in [1.82, 2.24) is 10.2 Å². The van der Waals surface area contributed by atoms with E-state index in [1.54, 1.807) is 0 Å². The van der Waals surface area contributed by atoms with E-state index in [2.05, 4.69) is 37.2 Å². The maximum absolute atomic E-state index is 11.4. The summed E-state index contributed by atoms with van der Waals surface area (Å²) in [6, 6.07) is 0.536. The molecule has 1 aliphatic heterocycles. The molecule has 0 atom stereocenters. The molecule has 144 valence electrons. The summed E-state index contributed by atoms with van der Waals surface area (Å²) in [4.78, 5) is 13.7. The zero-order valence-corrected chi connectivity index (χ0v) is 16.9. The number of ketones is 1. The maximum atomic E-state index is 11.4. The lowest BCUT2D eigenvalue weighted by Gasteiger charge is -2.31. The molecule has 0 aliphatic carbocycles. The van der Waals surface area contributed by atoms with Gasteiger partial charge in [0.15, 0.2) is 0 Å². The number of hydrogen-bond acceptors (Lipinski definition) is 4. The van der Waals surface area contributed by atoms with Gasteiger partial charge < -0.3 is 10.1 Å². The Hall–Kier alpha value is -0.710. The van der Waals surface area contributed by atoms with Crippen LogP contribution in [0.15, 0.2) is 13.2 Å². The molecule has 4 heteroatoms. The Morgan fingerprint density at radius 1 is 1.21 bits per heavy atom. The molecule has 0 bridgehead atoms. The smallest absolute Gasteiger partial charge is 0.146 e. The van der Waals surface area contributed by atoms with Gasteiger partial charge in [0.05, 0.1) is 13.2 Å². The molecular weight excluding hydrogens is 300 g/mol. The van der Waals surface area contributed by atoms with Gasteiger partial charge in [-0.2, -0.15) is 0 Å². The fraction of sp³-hybridized carbons (Fsp3) is 0.850. The molecule has 0 spiro atoms. The highest BCUT2D eigenvalue weighted by Crippen LogP contribution is 2.20. The first-order valence-electron chi connectivity index (χ1n) is 9.67. The van der Waals surface area contributed by atoms with E-state index in [1.807, 2.05) is 20.8 Å². The summed E-state index contributed by atoms with van der Waals surface area (Å²) >= 11 is 0. The number of likely N-dealkylation sites (tertiary alicyclic amines) is 1. The van der Waals surface area contributed by atoms with Crippen LogP contribution in [0.25, 0.3) is 0 Å². The van der Waals surface area contributed by atoms with Crippen molar-refractivity contribution >= 4 is 5.78 Å². The van der Waals surface area contributed by atoms with Gasteiger partial charge in [0.2, 0.25) is 0 Å². The van der Waals surface area contributed by atoms with E-state index >= 15 is 0 Å². The SMILES string of the molecule is C=C.CC.CCC(=O)CN1CCC(CCOCCNC(C)C)CC1. The lowest BCUT2D eigenvalue weighted by molar-refractivity contribution is -0.120. The molecule has 1 N–H and O–H groups in total. The molecule has 4 nitrogen and oxygen atoms in total. The van der Waals surface area contributed by atoms with Crippen molar-refractivity contribution in [2.45, 2.75) is 66.3 Å². The highest BCUT2D eigenvalue weighted by molar-refractivity contribution is 5.80. The van der Waals surface area contributed by atoms with Crippen molar-refractivity contribution in [2.24, 2.45) is 5.92 Å². The van der Waals surface area contributed by atoms with Crippen LogP contribution < -0.4 is 5.32 Å². The predicted molar refractivity (Wildman–Crippen MR) is 106 cm³/mol. The van der Waals surface area contributed by atoms with Crippen LogP contribution in [-0.4, -0.2) is 56.1 Å². The number of hydrogen-bond donors (Lipinski definition) is 1. The minimum absolute atomic E-state index is 0.365. The molecule has 0 amide bonds. The van der Waals surface area contributed by atoms with Crippen LogP contribution >= 0.6 is 0 Å². The molecule has 0 radical (unpaired) electrons. The predicted octanol–water partition coefficient (Wildman–Crippen LogP) is 3.91. The topological polar surface area (TPSA) is 41.6 Å². The molecule has 0 unspecified atom stereocenters. The second-order valence-electron chi connectivity index (χ2n) is 6.12. The standard InChI is InChI=1S/C16H32N2O2.C2H6.C2H4/c1-4-16(19)13-18-9-5-15(6-10-18)7-11-20-12-8-17-14(2)3;2*1-2/h14-15,17H,4-13H2,1-3H3;1-2H3;1-2H2. The number of carbonyl (C=O) groups excluding carboxylic acids is 1. The summed E-state index contributed by atoms with van der Waals surface area (Å²) in [6.45, 7) is 21.7. The van der Waals surface area contributed by atoms with Crippen molar-refractivity contribution in [2.75, 3.05) is 39.4 Å². The van der Waals surface area contributed by atoms with E-state index in [0.717, 1.165) is 45.2 Å². The molecule has 0 aromatic heterocycles. The lowest BCUT2D eigenvalue weighted by atomic mass is 9.94. The van der Waals surface area contributed by atoms with E-state index in [0.29, 0.717) is 24.8 Å². The highest BCUT2D eigenvalue weighted by Gasteiger charge is 2.19. The van der Waals surface area contributed by atoms with Crippen molar-refractivity contribution in [3.63, 3.8) is 0 Å². The average Bonchev–Trinajstić information content (AvgIpc) is 2.62. The average molecular weight is 343 g/mol. The highest BCUT2D eigenvalue weighted by atomic mass is 16.5. The minimum atomic E-state index is 0.365. The summed E-state index contributed by atoms with van der Waals surface area (Å²) in [5, 5.41) is 3.35. The molecule has 1 fully saturated rings. The fourth-order valence-corrected chi connectivity index (χ4v) is 2.57. The molecule has 1 rings (SSSR count). The number of nitrogens with one attached hydrogen (secondary N) is 1. The van der Waals surface area contributed by atoms with Crippen molar-refractivity contribution < 1.29 is 9.53 Å². The van der Waals surface area contributed by atoms with Gasteiger partial charge >= 0.3 is 0 Å². The molecule has 1 heterocycles. The van der Waals surface area contributed by atoms with E-state index in [-0.39, 0.29) is 0 Å². The Balaban J connectivity index is 0. The number of piperidine rings is 1. The van der Waals surface area contributed by atoms with Gasteiger partial charge in [-0.25, -0.2) is 0 Å². The maximum Gasteiger partial charge on any atom is 0.146 e. The zero-order valence-electron chi connectivity index (χ0n) is 16.9. The lowest BCUT2D eigenvalue weighted by Crippen LogP contribution is -2.37. The molecule has 24 heavy (non-hydrogen) atoms. The van der Waals surface area contributed by atoms with Gasteiger partial charge in [0, 0.05) is 25.6 Å². The van der Waals surface area contributed by atoms with Crippen molar-refractivity contribution in [3.05, 3.63) is 13.2 Å². The molecule has 0 aromatic rings. The Kier molecular flexibility index (Phi) is 19.8. The second-order valence-corrected chi connectivity index (χ2v) is 6.12. The molecule has 1 aliphatic rings. The van der Waals surface area contributed by atoms with E-state index < -0.39 is 0 Å². The Morgan fingerprint density at radius 2 is 1.79 bits per heavy atom. The van der Waals surface area contributed by atoms with Gasteiger partial charge in [0.25, 0.3) is 0 Å². The molecular formula is C20H42N2O2. The first-order chi connectivity index (χ1) is 11.6. The zero-order chi connectivity index (χ0) is 18.8. The summed E-state index contributed by atoms with van der Waals surface area (Å²) in [7, 11) is 0. The second kappa shape index (κ2) is 18.6. The quantitative estimate of drug-likeness (QED) is 0.483. The summed E-state index contributed by atoms with van der Waals surface area (Å²) < 4.78 is 5.67. The molecule has 0 saturated carbocycles. The van der Waals surface area contributed by atoms with Crippen LogP contribution in [0, 0.1) is 5.92 Å². The first kappa shape index (κ1) is 25.5. The van der Waals surface area contributed by atoms with Crippen LogP contribution in [0.1, 0.15) is 60.3 Å². The number of rotatable bonds is 10.